The van der Waals surface area contributed by atoms with Gasteiger partial charge in [0.15, 0.2) is 0 Å². The van der Waals surface area contributed by atoms with Gasteiger partial charge in [0.25, 0.3) is 5.91 Å². The molecule has 8 nitrogen and oxygen atoms in total. The lowest BCUT2D eigenvalue weighted by Gasteiger charge is -2.14. The maximum atomic E-state index is 12.3. The third-order valence-electron chi connectivity index (χ3n) is 5.50. The van der Waals surface area contributed by atoms with Gasteiger partial charge in [-0.25, -0.2) is 9.78 Å². The molecule has 4 rings (SSSR count). The molecule has 0 saturated heterocycles. The number of amides is 2. The van der Waals surface area contributed by atoms with Crippen molar-refractivity contribution in [3.8, 4) is 11.1 Å². The van der Waals surface area contributed by atoms with Gasteiger partial charge >= 0.3 is 12.1 Å². The van der Waals surface area contributed by atoms with Crippen molar-refractivity contribution in [2.75, 3.05) is 6.61 Å². The number of carbonyl (C=O) groups is 3. The molecule has 1 aromatic heterocycles. The van der Waals surface area contributed by atoms with E-state index in [1.54, 1.807) is 6.92 Å². The van der Waals surface area contributed by atoms with Gasteiger partial charge in [-0.15, -0.1) is 11.3 Å². The Morgan fingerprint density at radius 2 is 1.70 bits per heavy atom. The zero-order valence-corrected chi connectivity index (χ0v) is 18.9. The molecule has 0 bridgehead atoms. The van der Waals surface area contributed by atoms with Crippen LogP contribution in [0.1, 0.15) is 44.3 Å². The van der Waals surface area contributed by atoms with Crippen LogP contribution < -0.4 is 10.6 Å². The normalized spacial score (nSPS) is 13.0. The van der Waals surface area contributed by atoms with Gasteiger partial charge in [-0.05, 0) is 36.1 Å². The second kappa shape index (κ2) is 9.41. The molecule has 170 valence electrons. The Morgan fingerprint density at radius 3 is 2.30 bits per heavy atom. The average Bonchev–Trinajstić information content (AvgIpc) is 3.34. The predicted octanol–water partition coefficient (Wildman–Crippen LogP) is 3.69. The van der Waals surface area contributed by atoms with Gasteiger partial charge < -0.3 is 20.5 Å². The predicted molar refractivity (Wildman–Crippen MR) is 123 cm³/mol. The van der Waals surface area contributed by atoms with E-state index in [0.29, 0.717) is 9.88 Å². The number of hydrogen-bond acceptors (Lipinski definition) is 6. The second-order valence-corrected chi connectivity index (χ2v) is 9.01. The van der Waals surface area contributed by atoms with Crippen molar-refractivity contribution >= 4 is 29.3 Å². The molecule has 1 heterocycles. The van der Waals surface area contributed by atoms with Crippen LogP contribution >= 0.6 is 11.3 Å². The summed E-state index contributed by atoms with van der Waals surface area (Å²) in [4.78, 5) is 40.4. The van der Waals surface area contributed by atoms with Crippen molar-refractivity contribution < 1.29 is 24.2 Å². The summed E-state index contributed by atoms with van der Waals surface area (Å²) in [5.74, 6) is -1.73. The molecule has 1 aliphatic rings. The molecule has 1 atom stereocenters. The third kappa shape index (κ3) is 4.73. The van der Waals surface area contributed by atoms with Crippen molar-refractivity contribution in [1.82, 2.24) is 15.6 Å². The highest BCUT2D eigenvalue weighted by atomic mass is 32.1. The number of hydrogen-bond donors (Lipinski definition) is 3. The van der Waals surface area contributed by atoms with Gasteiger partial charge in [-0.1, -0.05) is 48.5 Å². The number of aryl methyl sites for hydroxylation is 1. The van der Waals surface area contributed by atoms with E-state index < -0.39 is 24.0 Å². The Balaban J connectivity index is 1.35. The summed E-state index contributed by atoms with van der Waals surface area (Å²) in [6.07, 6.45) is -0.574. The molecule has 2 aromatic carbocycles. The molecule has 2 amide bonds. The molecule has 0 saturated carbocycles. The van der Waals surface area contributed by atoms with E-state index >= 15 is 0 Å². The Bertz CT molecular complexity index is 1180. The first kappa shape index (κ1) is 22.5. The van der Waals surface area contributed by atoms with Crippen LogP contribution in [0.15, 0.2) is 48.5 Å². The Hall–Kier alpha value is -3.72. The third-order valence-corrected chi connectivity index (χ3v) is 6.47. The number of rotatable bonds is 7. The Morgan fingerprint density at radius 1 is 1.09 bits per heavy atom. The van der Waals surface area contributed by atoms with Crippen LogP contribution in [0.2, 0.25) is 0 Å². The van der Waals surface area contributed by atoms with Crippen molar-refractivity contribution in [2.45, 2.75) is 32.4 Å². The number of aromatic nitrogens is 1. The number of ether oxygens (including phenoxy) is 1. The van der Waals surface area contributed by atoms with Crippen molar-refractivity contribution in [1.29, 1.82) is 0 Å². The Labute approximate surface area is 194 Å². The minimum atomic E-state index is -1.13. The molecular weight excluding hydrogens is 442 g/mol. The molecule has 0 fully saturated rings. The summed E-state index contributed by atoms with van der Waals surface area (Å²) in [5.41, 5.74) is 4.73. The zero-order chi connectivity index (χ0) is 23.5. The molecule has 9 heteroatoms. The summed E-state index contributed by atoms with van der Waals surface area (Å²) in [5, 5.41) is 14.5. The number of carbonyl (C=O) groups excluding carboxylic acids is 2. The highest BCUT2D eigenvalue weighted by molar-refractivity contribution is 7.11. The molecule has 1 aliphatic carbocycles. The fraction of sp³-hybridized carbons (Fsp3) is 0.250. The molecule has 0 unspecified atom stereocenters. The zero-order valence-electron chi connectivity index (χ0n) is 18.1. The number of carboxylic acid groups (broad SMARTS) is 1. The molecule has 33 heavy (non-hydrogen) atoms. The van der Waals surface area contributed by atoms with Crippen LogP contribution in [-0.4, -0.2) is 40.7 Å². The largest absolute Gasteiger partial charge is 0.480 e. The van der Waals surface area contributed by atoms with Gasteiger partial charge in [-0.3, -0.25) is 9.59 Å². The number of fused-ring (bicyclic) bond motifs is 3. The van der Waals surface area contributed by atoms with Crippen LogP contribution in [0.3, 0.4) is 0 Å². The van der Waals surface area contributed by atoms with E-state index in [2.05, 4.69) is 39.9 Å². The summed E-state index contributed by atoms with van der Waals surface area (Å²) in [6.45, 7) is 3.40. The first-order chi connectivity index (χ1) is 15.8. The quantitative estimate of drug-likeness (QED) is 0.490. The maximum absolute atomic E-state index is 12.3. The number of thiazole rings is 1. The lowest BCUT2D eigenvalue weighted by Crippen LogP contribution is -2.38. The standard InChI is InChI=1S/C24H23N3O5S/c1-13(23(29)30)26-22(28)21-14(2)33-20(27-21)11-25-24(31)32-12-19-17-9-5-3-7-15(17)16-8-4-6-10-18(16)19/h3-10,13,19H,11-12H2,1-2H3,(H,25,31)(H,26,28)(H,29,30)/t13-/m1/s1. The lowest BCUT2D eigenvalue weighted by molar-refractivity contribution is -0.138. The minimum absolute atomic E-state index is 0.0308. The van der Waals surface area contributed by atoms with Gasteiger partial charge in [0, 0.05) is 10.8 Å². The number of nitrogens with one attached hydrogen (secondary N) is 2. The van der Waals surface area contributed by atoms with Gasteiger partial charge in [-0.2, -0.15) is 0 Å². The second-order valence-electron chi connectivity index (χ2n) is 7.72. The highest BCUT2D eigenvalue weighted by Gasteiger charge is 2.29. The van der Waals surface area contributed by atoms with E-state index in [4.69, 9.17) is 9.84 Å². The monoisotopic (exact) mass is 465 g/mol. The molecular formula is C24H23N3O5S. The van der Waals surface area contributed by atoms with Crippen molar-refractivity contribution in [2.24, 2.45) is 0 Å². The summed E-state index contributed by atoms with van der Waals surface area (Å²) < 4.78 is 5.51. The molecule has 3 N–H and O–H groups in total. The van der Waals surface area contributed by atoms with Crippen LogP contribution in [0.5, 0.6) is 0 Å². The number of alkyl carbamates (subject to hydrolysis) is 1. The van der Waals surface area contributed by atoms with Crippen LogP contribution in [0.25, 0.3) is 11.1 Å². The molecule has 3 aromatic rings. The number of nitrogens with zero attached hydrogens (tertiary/aromatic N) is 1. The minimum Gasteiger partial charge on any atom is -0.480 e. The highest BCUT2D eigenvalue weighted by Crippen LogP contribution is 2.44. The topological polar surface area (TPSA) is 118 Å². The van der Waals surface area contributed by atoms with Crippen LogP contribution in [-0.2, 0) is 16.1 Å². The summed E-state index contributed by atoms with van der Waals surface area (Å²) >= 11 is 1.26. The van der Waals surface area contributed by atoms with E-state index in [1.165, 1.54) is 18.3 Å². The van der Waals surface area contributed by atoms with Crippen LogP contribution in [0, 0.1) is 6.92 Å². The van der Waals surface area contributed by atoms with E-state index in [-0.39, 0.29) is 24.8 Å². The summed E-state index contributed by atoms with van der Waals surface area (Å²) in [7, 11) is 0. The fourth-order valence-electron chi connectivity index (χ4n) is 3.86. The van der Waals surface area contributed by atoms with Crippen molar-refractivity contribution in [3.05, 3.63) is 75.2 Å². The van der Waals surface area contributed by atoms with E-state index in [0.717, 1.165) is 22.3 Å². The Kier molecular flexibility index (Phi) is 6.41. The molecule has 0 radical (unpaired) electrons. The first-order valence-electron chi connectivity index (χ1n) is 10.4. The first-order valence-corrected chi connectivity index (χ1v) is 11.3. The summed E-state index contributed by atoms with van der Waals surface area (Å²) in [6, 6.07) is 15.2. The molecule has 0 spiro atoms. The van der Waals surface area contributed by atoms with Gasteiger partial charge in [0.2, 0.25) is 0 Å². The smallest absolute Gasteiger partial charge is 0.407 e. The molecule has 0 aliphatic heterocycles. The van der Waals surface area contributed by atoms with E-state index in [9.17, 15) is 14.4 Å². The fourth-order valence-corrected chi connectivity index (χ4v) is 4.73. The maximum Gasteiger partial charge on any atom is 0.407 e. The number of carboxylic acids is 1. The van der Waals surface area contributed by atoms with Gasteiger partial charge in [0.05, 0.1) is 6.54 Å². The van der Waals surface area contributed by atoms with Crippen molar-refractivity contribution in [3.63, 3.8) is 0 Å². The van der Waals surface area contributed by atoms with Gasteiger partial charge in [0.1, 0.15) is 23.4 Å². The average molecular weight is 466 g/mol. The van der Waals surface area contributed by atoms with Crippen LogP contribution in [0.4, 0.5) is 4.79 Å². The van der Waals surface area contributed by atoms with E-state index in [1.807, 2.05) is 24.3 Å². The lowest BCUT2D eigenvalue weighted by atomic mass is 9.98. The number of benzene rings is 2. The number of aliphatic carboxylic acids is 1. The SMILES string of the molecule is Cc1sc(CNC(=O)OCC2c3ccccc3-c3ccccc32)nc1C(=O)N[C@H](C)C(=O)O.